The maximum Gasteiger partial charge on any atom is 0.251 e. The molecule has 0 bridgehead atoms. The Bertz CT molecular complexity index is 230. The first-order valence-corrected chi connectivity index (χ1v) is 6.71. The highest BCUT2D eigenvalue weighted by atomic mass is 16.5. The number of amides is 1. The van der Waals surface area contributed by atoms with Crippen LogP contribution in [0.15, 0.2) is 0 Å². The van der Waals surface area contributed by atoms with Gasteiger partial charge in [-0.15, -0.1) is 0 Å². The van der Waals surface area contributed by atoms with Crippen LogP contribution in [0.3, 0.4) is 0 Å². The van der Waals surface area contributed by atoms with Gasteiger partial charge in [-0.3, -0.25) is 4.79 Å². The van der Waals surface area contributed by atoms with Gasteiger partial charge in [0.25, 0.3) is 5.91 Å². The zero-order valence-corrected chi connectivity index (χ0v) is 10.3. The molecule has 0 radical (unpaired) electrons. The zero-order valence-electron chi connectivity index (χ0n) is 10.3. The fourth-order valence-electron chi connectivity index (χ4n) is 2.74. The van der Waals surface area contributed by atoms with Gasteiger partial charge in [0.2, 0.25) is 0 Å². The van der Waals surface area contributed by atoms with Gasteiger partial charge in [0.1, 0.15) is 6.10 Å². The van der Waals surface area contributed by atoms with E-state index in [0.29, 0.717) is 6.10 Å². The minimum Gasteiger partial charge on any atom is -0.365 e. The quantitative estimate of drug-likeness (QED) is 0.738. The molecule has 1 aliphatic heterocycles. The van der Waals surface area contributed by atoms with Crippen LogP contribution in [0.5, 0.6) is 0 Å². The highest BCUT2D eigenvalue weighted by Crippen LogP contribution is 2.22. The lowest BCUT2D eigenvalue weighted by atomic mass is 9.97. The van der Waals surface area contributed by atoms with Crippen molar-refractivity contribution in [2.24, 2.45) is 0 Å². The van der Waals surface area contributed by atoms with Crippen LogP contribution in [-0.2, 0) is 9.53 Å². The highest BCUT2D eigenvalue weighted by molar-refractivity contribution is 5.80. The Hall–Kier alpha value is -0.570. The molecule has 0 N–H and O–H groups in total. The molecule has 1 unspecified atom stereocenters. The van der Waals surface area contributed by atoms with Crippen molar-refractivity contribution in [3.8, 4) is 0 Å². The van der Waals surface area contributed by atoms with Crippen molar-refractivity contribution < 1.29 is 9.53 Å². The summed E-state index contributed by atoms with van der Waals surface area (Å²) in [6.45, 7) is 3.77. The molecule has 3 heteroatoms. The van der Waals surface area contributed by atoms with Crippen molar-refractivity contribution in [2.75, 3.05) is 13.1 Å². The molecule has 2 rings (SSSR count). The van der Waals surface area contributed by atoms with E-state index in [9.17, 15) is 4.79 Å². The summed E-state index contributed by atoms with van der Waals surface area (Å²) < 4.78 is 5.87. The summed E-state index contributed by atoms with van der Waals surface area (Å²) in [6.07, 6.45) is 8.52. The number of carbonyl (C=O) groups excluding carboxylic acids is 1. The Balaban J connectivity index is 1.77. The van der Waals surface area contributed by atoms with Crippen molar-refractivity contribution in [2.45, 2.75) is 64.1 Å². The van der Waals surface area contributed by atoms with E-state index in [4.69, 9.17) is 4.74 Å². The molecule has 0 aromatic rings. The summed E-state index contributed by atoms with van der Waals surface area (Å²) in [4.78, 5) is 14.0. The highest BCUT2D eigenvalue weighted by Gasteiger charge is 2.26. The first kappa shape index (κ1) is 11.9. The standard InChI is InChI=1S/C13H23NO2/c1-11(13(15)14-9-5-6-10-14)16-12-7-3-2-4-8-12/h11-12H,2-10H2,1H3. The average molecular weight is 225 g/mol. The maximum absolute atomic E-state index is 12.0. The van der Waals surface area contributed by atoms with Crippen molar-refractivity contribution >= 4 is 5.91 Å². The number of hydrogen-bond acceptors (Lipinski definition) is 2. The van der Waals surface area contributed by atoms with E-state index in [1.54, 1.807) is 0 Å². The van der Waals surface area contributed by atoms with Crippen molar-refractivity contribution in [1.29, 1.82) is 0 Å². The molecule has 0 spiro atoms. The van der Waals surface area contributed by atoms with Gasteiger partial charge >= 0.3 is 0 Å². The van der Waals surface area contributed by atoms with Crippen LogP contribution in [0.2, 0.25) is 0 Å². The lowest BCUT2D eigenvalue weighted by Crippen LogP contribution is -2.39. The van der Waals surface area contributed by atoms with E-state index in [1.807, 2.05) is 11.8 Å². The summed E-state index contributed by atoms with van der Waals surface area (Å²) in [6, 6.07) is 0. The molecule has 1 saturated heterocycles. The van der Waals surface area contributed by atoms with E-state index in [-0.39, 0.29) is 12.0 Å². The van der Waals surface area contributed by atoms with Gasteiger partial charge in [-0.25, -0.2) is 0 Å². The number of likely N-dealkylation sites (tertiary alicyclic amines) is 1. The number of carbonyl (C=O) groups is 1. The van der Waals surface area contributed by atoms with Crippen molar-refractivity contribution in [1.82, 2.24) is 4.90 Å². The molecule has 16 heavy (non-hydrogen) atoms. The van der Waals surface area contributed by atoms with Crippen LogP contribution < -0.4 is 0 Å². The van der Waals surface area contributed by atoms with Crippen LogP contribution in [-0.4, -0.2) is 36.1 Å². The Morgan fingerprint density at radius 1 is 1.12 bits per heavy atom. The number of nitrogens with zero attached hydrogens (tertiary/aromatic N) is 1. The second kappa shape index (κ2) is 5.67. The fourth-order valence-corrected chi connectivity index (χ4v) is 2.74. The Kier molecular flexibility index (Phi) is 4.22. The van der Waals surface area contributed by atoms with Crippen LogP contribution in [0.25, 0.3) is 0 Å². The summed E-state index contributed by atoms with van der Waals surface area (Å²) >= 11 is 0. The van der Waals surface area contributed by atoms with Gasteiger partial charge in [0.15, 0.2) is 0 Å². The van der Waals surface area contributed by atoms with Crippen molar-refractivity contribution in [3.63, 3.8) is 0 Å². The van der Waals surface area contributed by atoms with E-state index in [1.165, 1.54) is 19.3 Å². The molecular weight excluding hydrogens is 202 g/mol. The van der Waals surface area contributed by atoms with Gasteiger partial charge < -0.3 is 9.64 Å². The Morgan fingerprint density at radius 2 is 1.75 bits per heavy atom. The van der Waals surface area contributed by atoms with E-state index in [0.717, 1.165) is 38.8 Å². The second-order valence-electron chi connectivity index (χ2n) is 5.07. The summed E-state index contributed by atoms with van der Waals surface area (Å²) in [5, 5.41) is 0. The topological polar surface area (TPSA) is 29.5 Å². The van der Waals surface area contributed by atoms with Gasteiger partial charge in [-0.05, 0) is 32.6 Å². The lowest BCUT2D eigenvalue weighted by Gasteiger charge is -2.27. The fraction of sp³-hybridized carbons (Fsp3) is 0.923. The van der Waals surface area contributed by atoms with Gasteiger partial charge in [0.05, 0.1) is 6.10 Å². The van der Waals surface area contributed by atoms with Crippen LogP contribution >= 0.6 is 0 Å². The predicted octanol–water partition coefficient (Wildman–Crippen LogP) is 2.35. The third-order valence-electron chi connectivity index (χ3n) is 3.71. The molecule has 0 aromatic carbocycles. The Labute approximate surface area is 98.1 Å². The van der Waals surface area contributed by atoms with E-state index in [2.05, 4.69) is 0 Å². The van der Waals surface area contributed by atoms with Crippen LogP contribution in [0.1, 0.15) is 51.9 Å². The minimum absolute atomic E-state index is 0.197. The summed E-state index contributed by atoms with van der Waals surface area (Å²) in [7, 11) is 0. The molecule has 1 atom stereocenters. The Morgan fingerprint density at radius 3 is 2.38 bits per heavy atom. The molecule has 1 saturated carbocycles. The first-order valence-electron chi connectivity index (χ1n) is 6.71. The molecule has 0 aromatic heterocycles. The monoisotopic (exact) mass is 225 g/mol. The predicted molar refractivity (Wildman–Crippen MR) is 63.2 cm³/mol. The smallest absolute Gasteiger partial charge is 0.251 e. The maximum atomic E-state index is 12.0. The van der Waals surface area contributed by atoms with Crippen LogP contribution in [0.4, 0.5) is 0 Å². The SMILES string of the molecule is CC(OC1CCCCC1)C(=O)N1CCCC1. The average Bonchev–Trinajstić information content (AvgIpc) is 2.83. The second-order valence-corrected chi connectivity index (χ2v) is 5.07. The largest absolute Gasteiger partial charge is 0.365 e. The molecule has 2 aliphatic rings. The molecule has 92 valence electrons. The number of ether oxygens (including phenoxy) is 1. The lowest BCUT2D eigenvalue weighted by molar-refractivity contribution is -0.146. The molecule has 1 amide bonds. The van der Waals surface area contributed by atoms with Crippen LogP contribution in [0, 0.1) is 0 Å². The number of rotatable bonds is 3. The number of hydrogen-bond donors (Lipinski definition) is 0. The van der Waals surface area contributed by atoms with Gasteiger partial charge in [0, 0.05) is 13.1 Å². The van der Waals surface area contributed by atoms with Crippen molar-refractivity contribution in [3.05, 3.63) is 0 Å². The molecule has 3 nitrogen and oxygen atoms in total. The normalized spacial score (nSPS) is 24.7. The zero-order chi connectivity index (χ0) is 11.4. The van der Waals surface area contributed by atoms with E-state index >= 15 is 0 Å². The van der Waals surface area contributed by atoms with E-state index < -0.39 is 0 Å². The summed E-state index contributed by atoms with van der Waals surface area (Å²) in [5.41, 5.74) is 0. The third-order valence-corrected chi connectivity index (χ3v) is 3.71. The third kappa shape index (κ3) is 2.97. The van der Waals surface area contributed by atoms with Gasteiger partial charge in [-0.1, -0.05) is 19.3 Å². The molecular formula is C13H23NO2. The minimum atomic E-state index is -0.235. The molecule has 2 fully saturated rings. The molecule has 1 heterocycles. The first-order chi connectivity index (χ1) is 7.77. The van der Waals surface area contributed by atoms with Gasteiger partial charge in [-0.2, -0.15) is 0 Å². The molecule has 1 aliphatic carbocycles. The summed E-state index contributed by atoms with van der Waals surface area (Å²) in [5.74, 6) is 0.197.